The van der Waals surface area contributed by atoms with E-state index in [4.69, 9.17) is 5.26 Å². The van der Waals surface area contributed by atoms with Gasteiger partial charge in [-0.1, -0.05) is 19.9 Å². The molecule has 0 unspecified atom stereocenters. The highest BCUT2D eigenvalue weighted by atomic mass is 16.3. The summed E-state index contributed by atoms with van der Waals surface area (Å²) in [7, 11) is 0. The van der Waals surface area contributed by atoms with Gasteiger partial charge < -0.3 is 10.4 Å². The Labute approximate surface area is 120 Å². The monoisotopic (exact) mass is 273 g/mol. The van der Waals surface area contributed by atoms with Gasteiger partial charge in [-0.15, -0.1) is 0 Å². The van der Waals surface area contributed by atoms with Gasteiger partial charge in [-0.2, -0.15) is 5.26 Å². The average Bonchev–Trinajstić information content (AvgIpc) is 2.43. The molecule has 0 radical (unpaired) electrons. The second-order valence-corrected chi connectivity index (χ2v) is 6.62. The van der Waals surface area contributed by atoms with Gasteiger partial charge in [0.05, 0.1) is 5.60 Å². The Morgan fingerprint density at radius 3 is 2.70 bits per heavy atom. The van der Waals surface area contributed by atoms with E-state index >= 15 is 0 Å². The molecule has 0 spiro atoms. The summed E-state index contributed by atoms with van der Waals surface area (Å²) >= 11 is 0. The molecule has 1 aliphatic carbocycles. The fraction of sp³-hybridized carbons (Fsp3) is 0.625. The molecule has 1 saturated carbocycles. The molecule has 108 valence electrons. The first kappa shape index (κ1) is 15.0. The largest absolute Gasteiger partial charge is 0.389 e. The fourth-order valence-electron chi connectivity index (χ4n) is 2.68. The minimum absolute atomic E-state index is 0.351. The van der Waals surface area contributed by atoms with Crippen LogP contribution in [0.4, 0.5) is 0 Å². The molecule has 1 aliphatic rings. The second kappa shape index (κ2) is 5.90. The first-order chi connectivity index (χ1) is 9.44. The third-order valence-corrected chi connectivity index (χ3v) is 4.30. The van der Waals surface area contributed by atoms with Gasteiger partial charge in [0.2, 0.25) is 0 Å². The van der Waals surface area contributed by atoms with Gasteiger partial charge in [0.15, 0.2) is 0 Å². The molecule has 0 bridgehead atoms. The normalized spacial score (nSPS) is 20.3. The fourth-order valence-corrected chi connectivity index (χ4v) is 2.68. The van der Waals surface area contributed by atoms with Gasteiger partial charge in [0.25, 0.3) is 0 Å². The van der Waals surface area contributed by atoms with Crippen LogP contribution in [0.5, 0.6) is 0 Å². The molecule has 0 aliphatic heterocycles. The Morgan fingerprint density at radius 2 is 2.05 bits per heavy atom. The lowest BCUT2D eigenvalue weighted by Crippen LogP contribution is -2.44. The number of aliphatic hydroxyl groups is 1. The molecule has 0 saturated heterocycles. The molecular weight excluding hydrogens is 250 g/mol. The van der Waals surface area contributed by atoms with Crippen LogP contribution in [0.15, 0.2) is 18.3 Å². The van der Waals surface area contributed by atoms with Crippen molar-refractivity contribution in [3.63, 3.8) is 0 Å². The SMILES string of the molecule is CC1(C)CCC(O)(CNCc2cccnc2C#N)CC1. The van der Waals surface area contributed by atoms with Crippen LogP contribution in [-0.4, -0.2) is 22.2 Å². The van der Waals surface area contributed by atoms with E-state index in [2.05, 4.69) is 30.2 Å². The van der Waals surface area contributed by atoms with Crippen molar-refractivity contribution in [1.29, 1.82) is 5.26 Å². The van der Waals surface area contributed by atoms with Crippen molar-refractivity contribution in [3.8, 4) is 6.07 Å². The van der Waals surface area contributed by atoms with Crippen molar-refractivity contribution in [2.45, 2.75) is 51.7 Å². The minimum atomic E-state index is -0.607. The molecule has 4 heteroatoms. The molecule has 0 amide bonds. The molecule has 1 heterocycles. The number of hydrogen-bond donors (Lipinski definition) is 2. The molecule has 0 aromatic carbocycles. The summed E-state index contributed by atoms with van der Waals surface area (Å²) in [6.45, 7) is 5.66. The zero-order valence-electron chi connectivity index (χ0n) is 12.3. The van der Waals surface area contributed by atoms with E-state index in [1.54, 1.807) is 6.20 Å². The summed E-state index contributed by atoms with van der Waals surface area (Å²) in [5, 5.41) is 22.8. The molecule has 2 N–H and O–H groups in total. The third-order valence-electron chi connectivity index (χ3n) is 4.30. The van der Waals surface area contributed by atoms with Gasteiger partial charge in [0.1, 0.15) is 11.8 Å². The van der Waals surface area contributed by atoms with Crippen molar-refractivity contribution in [3.05, 3.63) is 29.6 Å². The Hall–Kier alpha value is -1.44. The number of aromatic nitrogens is 1. The molecule has 1 aromatic rings. The quantitative estimate of drug-likeness (QED) is 0.883. The summed E-state index contributed by atoms with van der Waals surface area (Å²) in [5.41, 5.74) is 1.08. The highest BCUT2D eigenvalue weighted by molar-refractivity contribution is 5.30. The standard InChI is InChI=1S/C16H23N3O/c1-15(2)5-7-16(20,8-6-15)12-18-11-13-4-3-9-19-14(13)10-17/h3-4,9,18,20H,5-8,11-12H2,1-2H3. The van der Waals surface area contributed by atoms with Crippen LogP contribution in [0.25, 0.3) is 0 Å². The first-order valence-corrected chi connectivity index (χ1v) is 7.21. The maximum atomic E-state index is 10.6. The number of nitrogens with zero attached hydrogens (tertiary/aromatic N) is 2. The van der Waals surface area contributed by atoms with Gasteiger partial charge >= 0.3 is 0 Å². The maximum Gasteiger partial charge on any atom is 0.144 e. The topological polar surface area (TPSA) is 68.9 Å². The van der Waals surface area contributed by atoms with E-state index < -0.39 is 5.60 Å². The lowest BCUT2D eigenvalue weighted by molar-refractivity contribution is -0.0245. The molecule has 1 fully saturated rings. The third kappa shape index (κ3) is 3.78. The van der Waals surface area contributed by atoms with E-state index in [1.165, 1.54) is 0 Å². The van der Waals surface area contributed by atoms with Crippen LogP contribution in [0.3, 0.4) is 0 Å². The van der Waals surface area contributed by atoms with Gasteiger partial charge in [0, 0.05) is 24.8 Å². The van der Waals surface area contributed by atoms with E-state index in [0.29, 0.717) is 24.2 Å². The molecule has 2 rings (SSSR count). The number of pyridine rings is 1. The highest BCUT2D eigenvalue weighted by Gasteiger charge is 2.36. The predicted octanol–water partition coefficient (Wildman–Crippen LogP) is 2.37. The first-order valence-electron chi connectivity index (χ1n) is 7.21. The summed E-state index contributed by atoms with van der Waals surface area (Å²) in [6, 6.07) is 5.82. The molecular formula is C16H23N3O. The zero-order valence-corrected chi connectivity index (χ0v) is 12.3. The van der Waals surface area contributed by atoms with Crippen LogP contribution in [-0.2, 0) is 6.54 Å². The Bertz CT molecular complexity index is 495. The van der Waals surface area contributed by atoms with Crippen LogP contribution in [0, 0.1) is 16.7 Å². The lowest BCUT2D eigenvalue weighted by atomic mass is 9.71. The Morgan fingerprint density at radius 1 is 1.35 bits per heavy atom. The molecule has 1 aromatic heterocycles. The van der Waals surface area contributed by atoms with Crippen molar-refractivity contribution in [1.82, 2.24) is 10.3 Å². The van der Waals surface area contributed by atoms with Crippen LogP contribution >= 0.6 is 0 Å². The van der Waals surface area contributed by atoms with Crippen molar-refractivity contribution in [2.75, 3.05) is 6.54 Å². The summed E-state index contributed by atoms with van der Waals surface area (Å²) < 4.78 is 0. The maximum absolute atomic E-state index is 10.6. The predicted molar refractivity (Wildman–Crippen MR) is 77.9 cm³/mol. The van der Waals surface area contributed by atoms with Crippen molar-refractivity contribution >= 4 is 0 Å². The molecule has 0 atom stereocenters. The summed E-state index contributed by atoms with van der Waals surface area (Å²) in [6.07, 6.45) is 5.41. The summed E-state index contributed by atoms with van der Waals surface area (Å²) in [5.74, 6) is 0. The number of rotatable bonds is 4. The van der Waals surface area contributed by atoms with E-state index in [9.17, 15) is 5.11 Å². The Kier molecular flexibility index (Phi) is 4.42. The van der Waals surface area contributed by atoms with E-state index in [0.717, 1.165) is 31.2 Å². The van der Waals surface area contributed by atoms with Crippen LogP contribution < -0.4 is 5.32 Å². The van der Waals surface area contributed by atoms with Crippen LogP contribution in [0.2, 0.25) is 0 Å². The van der Waals surface area contributed by atoms with Gasteiger partial charge in [-0.3, -0.25) is 0 Å². The van der Waals surface area contributed by atoms with Crippen molar-refractivity contribution in [2.24, 2.45) is 5.41 Å². The van der Waals surface area contributed by atoms with Crippen molar-refractivity contribution < 1.29 is 5.11 Å². The van der Waals surface area contributed by atoms with Gasteiger partial charge in [-0.25, -0.2) is 4.98 Å². The number of nitriles is 1. The lowest BCUT2D eigenvalue weighted by Gasteiger charge is -2.40. The minimum Gasteiger partial charge on any atom is -0.389 e. The second-order valence-electron chi connectivity index (χ2n) is 6.62. The van der Waals surface area contributed by atoms with Crippen LogP contribution in [0.1, 0.15) is 50.8 Å². The zero-order chi connectivity index (χ0) is 14.6. The smallest absolute Gasteiger partial charge is 0.144 e. The molecule has 20 heavy (non-hydrogen) atoms. The Balaban J connectivity index is 1.86. The number of nitrogens with one attached hydrogen (secondary N) is 1. The van der Waals surface area contributed by atoms with E-state index in [-0.39, 0.29) is 0 Å². The summed E-state index contributed by atoms with van der Waals surface area (Å²) in [4.78, 5) is 4.04. The van der Waals surface area contributed by atoms with E-state index in [1.807, 2.05) is 12.1 Å². The highest BCUT2D eigenvalue weighted by Crippen LogP contribution is 2.39. The van der Waals surface area contributed by atoms with Gasteiger partial charge in [-0.05, 0) is 37.2 Å². The molecule has 4 nitrogen and oxygen atoms in total. The average molecular weight is 273 g/mol. The number of hydrogen-bond acceptors (Lipinski definition) is 4.